The SMILES string of the molecule is CSc1c(C)on(I)c1=O. The van der Waals surface area contributed by atoms with Crippen molar-refractivity contribution in [2.75, 3.05) is 6.26 Å². The third kappa shape index (κ3) is 1.24. The number of hydrogen-bond donors (Lipinski definition) is 0. The number of halogens is 1. The molecule has 3 nitrogen and oxygen atoms in total. The van der Waals surface area contributed by atoms with Gasteiger partial charge in [-0.05, 0) is 13.2 Å². The lowest BCUT2D eigenvalue weighted by Gasteiger charge is -1.82. The van der Waals surface area contributed by atoms with Crippen LogP contribution in [0.1, 0.15) is 5.76 Å². The topological polar surface area (TPSA) is 35.1 Å². The molecule has 1 rings (SSSR count). The Morgan fingerprint density at radius 3 is 2.50 bits per heavy atom. The third-order valence-electron chi connectivity index (χ3n) is 1.09. The fourth-order valence-electron chi connectivity index (χ4n) is 0.665. The zero-order valence-electron chi connectivity index (χ0n) is 5.55. The van der Waals surface area contributed by atoms with Gasteiger partial charge in [0.1, 0.15) is 33.5 Å². The van der Waals surface area contributed by atoms with Gasteiger partial charge in [-0.25, -0.2) is 0 Å². The van der Waals surface area contributed by atoms with E-state index in [1.54, 1.807) is 6.92 Å². The molecule has 0 unspecified atom stereocenters. The molecule has 0 atom stereocenters. The third-order valence-corrected chi connectivity index (χ3v) is 2.60. The Hall–Kier alpha value is 0.0900. The van der Waals surface area contributed by atoms with Crippen molar-refractivity contribution < 1.29 is 4.52 Å². The van der Waals surface area contributed by atoms with Gasteiger partial charge in [0, 0.05) is 0 Å². The molecule has 0 spiro atoms. The number of nitrogens with zero attached hydrogens (tertiary/aromatic N) is 1. The smallest absolute Gasteiger partial charge is 0.305 e. The minimum absolute atomic E-state index is 0.0643. The van der Waals surface area contributed by atoms with Gasteiger partial charge in [0.15, 0.2) is 0 Å². The molecule has 0 aliphatic carbocycles. The first-order valence-electron chi connectivity index (χ1n) is 2.60. The van der Waals surface area contributed by atoms with Crippen LogP contribution in [0.4, 0.5) is 0 Å². The van der Waals surface area contributed by atoms with Crippen LogP contribution < -0.4 is 5.56 Å². The number of rotatable bonds is 1. The summed E-state index contributed by atoms with van der Waals surface area (Å²) in [6.45, 7) is 1.78. The number of aryl methyl sites for hydroxylation is 1. The van der Waals surface area contributed by atoms with E-state index < -0.39 is 0 Å². The van der Waals surface area contributed by atoms with E-state index in [4.69, 9.17) is 4.52 Å². The highest BCUT2D eigenvalue weighted by molar-refractivity contribution is 14.1. The first-order valence-corrected chi connectivity index (χ1v) is 4.79. The molecule has 1 aromatic heterocycles. The van der Waals surface area contributed by atoms with Gasteiger partial charge in [-0.1, -0.05) is 0 Å². The van der Waals surface area contributed by atoms with Gasteiger partial charge >= 0.3 is 5.56 Å². The molecule has 0 amide bonds. The fourth-order valence-corrected chi connectivity index (χ4v) is 1.95. The van der Waals surface area contributed by atoms with E-state index in [1.807, 2.05) is 29.1 Å². The first-order chi connectivity index (χ1) is 4.66. The second kappa shape index (κ2) is 3.00. The lowest BCUT2D eigenvalue weighted by Crippen LogP contribution is -2.05. The molecule has 1 aromatic rings. The van der Waals surface area contributed by atoms with Gasteiger partial charge < -0.3 is 4.52 Å². The highest BCUT2D eigenvalue weighted by atomic mass is 127. The summed E-state index contributed by atoms with van der Waals surface area (Å²) < 4.78 is 6.21. The van der Waals surface area contributed by atoms with Crippen molar-refractivity contribution in [2.24, 2.45) is 0 Å². The van der Waals surface area contributed by atoms with Crippen molar-refractivity contribution in [1.29, 1.82) is 0 Å². The Kier molecular flexibility index (Phi) is 2.45. The molecule has 0 N–H and O–H groups in total. The minimum atomic E-state index is -0.0643. The normalized spacial score (nSPS) is 10.3. The number of thioether (sulfide) groups is 1. The first kappa shape index (κ1) is 8.19. The van der Waals surface area contributed by atoms with Crippen LogP contribution in [0.15, 0.2) is 14.2 Å². The van der Waals surface area contributed by atoms with Crippen LogP contribution >= 0.6 is 34.6 Å². The average Bonchev–Trinajstić information content (AvgIpc) is 2.09. The number of aromatic nitrogens is 1. The Balaban J connectivity index is 3.34. The summed E-state index contributed by atoms with van der Waals surface area (Å²) in [6.07, 6.45) is 1.86. The van der Waals surface area contributed by atoms with E-state index in [9.17, 15) is 4.79 Å². The molecule has 0 aliphatic heterocycles. The summed E-state index contributed by atoms with van der Waals surface area (Å²) in [7, 11) is 0. The van der Waals surface area contributed by atoms with Crippen molar-refractivity contribution in [2.45, 2.75) is 11.8 Å². The maximum absolute atomic E-state index is 11.1. The molecular formula is C5H6INO2S. The summed E-state index contributed by atoms with van der Waals surface area (Å²) in [4.78, 5) is 11.8. The highest BCUT2D eigenvalue weighted by Gasteiger charge is 2.09. The number of hydrogen-bond acceptors (Lipinski definition) is 3. The second-order valence-corrected chi connectivity index (χ2v) is 3.42. The lowest BCUT2D eigenvalue weighted by molar-refractivity contribution is 0.376. The maximum atomic E-state index is 11.1. The molecule has 0 bridgehead atoms. The molecular weight excluding hydrogens is 265 g/mol. The summed E-state index contributed by atoms with van der Waals surface area (Å²) in [5.41, 5.74) is -0.0643. The quantitative estimate of drug-likeness (QED) is 0.575. The van der Waals surface area contributed by atoms with Crippen molar-refractivity contribution in [3.8, 4) is 0 Å². The van der Waals surface area contributed by atoms with Gasteiger partial charge in [0.2, 0.25) is 0 Å². The van der Waals surface area contributed by atoms with E-state index in [0.717, 1.165) is 0 Å². The van der Waals surface area contributed by atoms with Crippen molar-refractivity contribution in [3.63, 3.8) is 0 Å². The van der Waals surface area contributed by atoms with E-state index in [-0.39, 0.29) is 5.56 Å². The second-order valence-electron chi connectivity index (χ2n) is 1.73. The van der Waals surface area contributed by atoms with Crippen molar-refractivity contribution >= 4 is 34.6 Å². The van der Waals surface area contributed by atoms with E-state index in [0.29, 0.717) is 10.7 Å². The van der Waals surface area contributed by atoms with Crippen LogP contribution in [0.3, 0.4) is 0 Å². The molecule has 0 saturated heterocycles. The molecule has 0 aliphatic rings. The Bertz CT molecular complexity index is 290. The molecule has 0 aromatic carbocycles. The van der Waals surface area contributed by atoms with Crippen LogP contribution in [0.5, 0.6) is 0 Å². The van der Waals surface area contributed by atoms with Crippen LogP contribution in [0, 0.1) is 6.92 Å². The van der Waals surface area contributed by atoms with E-state index in [2.05, 4.69) is 0 Å². The van der Waals surface area contributed by atoms with E-state index >= 15 is 0 Å². The van der Waals surface area contributed by atoms with Gasteiger partial charge in [-0.2, -0.15) is 0 Å². The summed E-state index contributed by atoms with van der Waals surface area (Å²) in [6, 6.07) is 0. The summed E-state index contributed by atoms with van der Waals surface area (Å²) in [5.74, 6) is 0.687. The summed E-state index contributed by atoms with van der Waals surface area (Å²) in [5, 5.41) is 0. The molecule has 1 heterocycles. The van der Waals surface area contributed by atoms with E-state index in [1.165, 1.54) is 14.7 Å². The highest BCUT2D eigenvalue weighted by Crippen LogP contribution is 2.15. The van der Waals surface area contributed by atoms with Gasteiger partial charge in [-0.3, -0.25) is 4.79 Å². The molecule has 5 heteroatoms. The lowest BCUT2D eigenvalue weighted by atomic mass is 10.5. The molecule has 0 saturated carbocycles. The molecule has 10 heavy (non-hydrogen) atoms. The van der Waals surface area contributed by atoms with Gasteiger partial charge in [0.25, 0.3) is 0 Å². The standard InChI is InChI=1S/C5H6INO2S/c1-3-4(10-2)5(8)7(6)9-3/h1-2H3. The fraction of sp³-hybridized carbons (Fsp3) is 0.400. The zero-order valence-corrected chi connectivity index (χ0v) is 8.52. The minimum Gasteiger partial charge on any atom is -0.370 e. The largest absolute Gasteiger partial charge is 0.370 e. The predicted molar refractivity (Wildman–Crippen MR) is 48.9 cm³/mol. The maximum Gasteiger partial charge on any atom is 0.305 e. The zero-order chi connectivity index (χ0) is 7.72. The molecule has 56 valence electrons. The van der Waals surface area contributed by atoms with Crippen LogP contribution in [-0.2, 0) is 0 Å². The monoisotopic (exact) mass is 271 g/mol. The van der Waals surface area contributed by atoms with Crippen molar-refractivity contribution in [1.82, 2.24) is 2.95 Å². The van der Waals surface area contributed by atoms with Crippen LogP contribution in [-0.4, -0.2) is 9.21 Å². The van der Waals surface area contributed by atoms with Crippen LogP contribution in [0.2, 0.25) is 0 Å². The predicted octanol–water partition coefficient (Wildman–Crippen LogP) is 1.67. The Morgan fingerprint density at radius 2 is 2.30 bits per heavy atom. The van der Waals surface area contributed by atoms with Crippen LogP contribution in [0.25, 0.3) is 0 Å². The molecule has 0 radical (unpaired) electrons. The molecule has 0 fully saturated rings. The van der Waals surface area contributed by atoms with Gasteiger partial charge in [0.05, 0.1) is 0 Å². The Labute approximate surface area is 76.2 Å². The average molecular weight is 271 g/mol. The van der Waals surface area contributed by atoms with Crippen molar-refractivity contribution in [3.05, 3.63) is 16.1 Å². The van der Waals surface area contributed by atoms with Gasteiger partial charge in [-0.15, -0.1) is 14.7 Å². The summed E-state index contributed by atoms with van der Waals surface area (Å²) >= 11 is 3.23. The Morgan fingerprint density at radius 1 is 1.70 bits per heavy atom.